The number of hydrogen-bond acceptors (Lipinski definition) is 0. The Balaban J connectivity index is 3.38. The predicted octanol–water partition coefficient (Wildman–Crippen LogP) is 4.43. The third-order valence-electron chi connectivity index (χ3n) is 1.76. The van der Waals surface area contributed by atoms with Crippen molar-refractivity contribution in [2.75, 3.05) is 0 Å². The molecule has 0 N–H and O–H groups in total. The molecule has 0 heterocycles. The molecule has 0 aliphatic rings. The maximum Gasteiger partial charge on any atom is 0.129 e. The zero-order valence-corrected chi connectivity index (χ0v) is 9.30. The Bertz CT molecular complexity index is 303. The molecular weight excluding hydrogens is 210 g/mol. The zero-order chi connectivity index (χ0) is 10.2. The summed E-state index contributed by atoms with van der Waals surface area (Å²) in [6.07, 6.45) is 0. The lowest BCUT2D eigenvalue weighted by Crippen LogP contribution is -2.14. The van der Waals surface area contributed by atoms with Crippen molar-refractivity contribution in [2.24, 2.45) is 0 Å². The van der Waals surface area contributed by atoms with Crippen LogP contribution in [0.5, 0.6) is 0 Å². The highest BCUT2D eigenvalue weighted by atomic mass is 35.5. The minimum absolute atomic E-state index is 0.300. The second-order valence-electron chi connectivity index (χ2n) is 3.99. The first kappa shape index (κ1) is 10.8. The largest absolute Gasteiger partial charge is 0.207 e. The molecule has 0 fully saturated rings. The first-order valence-corrected chi connectivity index (χ1v) is 4.73. The summed E-state index contributed by atoms with van der Waals surface area (Å²) in [5, 5.41) is 0.716. The summed E-state index contributed by atoms with van der Waals surface area (Å²) < 4.78 is 13.4. The fourth-order valence-electron chi connectivity index (χ4n) is 1.26. The monoisotopic (exact) mass is 220 g/mol. The molecule has 0 atom stereocenters. The summed E-state index contributed by atoms with van der Waals surface area (Å²) >= 11 is 11.5. The molecule has 0 unspecified atom stereocenters. The summed E-state index contributed by atoms with van der Waals surface area (Å²) in [6, 6.07) is 2.85. The minimum Gasteiger partial charge on any atom is -0.207 e. The smallest absolute Gasteiger partial charge is 0.129 e. The van der Waals surface area contributed by atoms with Gasteiger partial charge in [0.1, 0.15) is 5.82 Å². The summed E-state index contributed by atoms with van der Waals surface area (Å²) in [4.78, 5) is 0. The third-order valence-corrected chi connectivity index (χ3v) is 2.27. The van der Waals surface area contributed by atoms with Crippen molar-refractivity contribution in [3.8, 4) is 0 Å². The second-order valence-corrected chi connectivity index (χ2v) is 4.84. The van der Waals surface area contributed by atoms with Crippen LogP contribution in [0.1, 0.15) is 26.3 Å². The van der Waals surface area contributed by atoms with E-state index in [0.717, 1.165) is 0 Å². The van der Waals surface area contributed by atoms with Crippen LogP contribution in [0.25, 0.3) is 0 Å². The molecule has 3 heteroatoms. The van der Waals surface area contributed by atoms with Crippen LogP contribution in [0.15, 0.2) is 12.1 Å². The van der Waals surface area contributed by atoms with Crippen LogP contribution in [0, 0.1) is 5.82 Å². The van der Waals surface area contributed by atoms with E-state index in [9.17, 15) is 4.39 Å². The van der Waals surface area contributed by atoms with Gasteiger partial charge in [0, 0.05) is 15.6 Å². The molecule has 0 nitrogen and oxygen atoms in total. The maximum atomic E-state index is 13.4. The highest BCUT2D eigenvalue weighted by molar-refractivity contribution is 6.35. The van der Waals surface area contributed by atoms with Gasteiger partial charge in [-0.15, -0.1) is 0 Å². The standard InChI is InChI=1S/C10H11Cl2F/c1-10(2,3)9-7(12)4-6(11)5-8(9)13/h4-5H,1-3H3. The number of rotatable bonds is 0. The molecule has 0 aromatic heterocycles. The van der Waals surface area contributed by atoms with Crippen LogP contribution in [0.2, 0.25) is 10.0 Å². The van der Waals surface area contributed by atoms with Gasteiger partial charge in [0.15, 0.2) is 0 Å². The van der Waals surface area contributed by atoms with Crippen molar-refractivity contribution >= 4 is 23.2 Å². The van der Waals surface area contributed by atoms with Crippen LogP contribution in [0.4, 0.5) is 4.39 Å². The Kier molecular flexibility index (Phi) is 2.88. The van der Waals surface area contributed by atoms with Crippen molar-refractivity contribution in [3.63, 3.8) is 0 Å². The highest BCUT2D eigenvalue weighted by Gasteiger charge is 2.22. The first-order valence-electron chi connectivity index (χ1n) is 3.97. The van der Waals surface area contributed by atoms with Gasteiger partial charge in [-0.25, -0.2) is 4.39 Å². The lowest BCUT2D eigenvalue weighted by Gasteiger charge is -2.21. The predicted molar refractivity (Wildman–Crippen MR) is 55.1 cm³/mol. The highest BCUT2D eigenvalue weighted by Crippen LogP contribution is 2.33. The molecule has 0 amide bonds. The van der Waals surface area contributed by atoms with E-state index in [-0.39, 0.29) is 11.2 Å². The molecule has 0 saturated carbocycles. The van der Waals surface area contributed by atoms with E-state index in [1.807, 2.05) is 20.8 Å². The van der Waals surface area contributed by atoms with Gasteiger partial charge in [-0.2, -0.15) is 0 Å². The SMILES string of the molecule is CC(C)(C)c1c(F)cc(Cl)cc1Cl. The summed E-state index contributed by atoms with van der Waals surface area (Å²) in [5.74, 6) is -0.343. The molecule has 1 aromatic carbocycles. The fourth-order valence-corrected chi connectivity index (χ4v) is 2.01. The Morgan fingerprint density at radius 2 is 1.69 bits per heavy atom. The topological polar surface area (TPSA) is 0 Å². The van der Waals surface area contributed by atoms with Crippen LogP contribution >= 0.6 is 23.2 Å². The van der Waals surface area contributed by atoms with E-state index in [1.165, 1.54) is 6.07 Å². The Morgan fingerprint density at radius 1 is 1.15 bits per heavy atom. The molecule has 0 aliphatic carbocycles. The van der Waals surface area contributed by atoms with Gasteiger partial charge in [-0.05, 0) is 17.5 Å². The van der Waals surface area contributed by atoms with Crippen molar-refractivity contribution < 1.29 is 4.39 Å². The Hall–Kier alpha value is -0.270. The van der Waals surface area contributed by atoms with Gasteiger partial charge in [-0.3, -0.25) is 0 Å². The Labute approximate surface area is 87.7 Å². The van der Waals surface area contributed by atoms with Crippen LogP contribution in [0.3, 0.4) is 0 Å². The lowest BCUT2D eigenvalue weighted by molar-refractivity contribution is 0.523. The fraction of sp³-hybridized carbons (Fsp3) is 0.400. The average molecular weight is 221 g/mol. The number of halogens is 3. The molecule has 1 aromatic rings. The quantitative estimate of drug-likeness (QED) is 0.607. The average Bonchev–Trinajstić information content (AvgIpc) is 1.78. The van der Waals surface area contributed by atoms with E-state index < -0.39 is 0 Å². The minimum atomic E-state index is -0.343. The van der Waals surface area contributed by atoms with E-state index >= 15 is 0 Å². The summed E-state index contributed by atoms with van der Waals surface area (Å²) in [6.45, 7) is 5.72. The molecule has 0 spiro atoms. The maximum absolute atomic E-state index is 13.4. The molecule has 0 bridgehead atoms. The normalized spacial score (nSPS) is 11.8. The van der Waals surface area contributed by atoms with Gasteiger partial charge >= 0.3 is 0 Å². The van der Waals surface area contributed by atoms with Gasteiger partial charge in [0.25, 0.3) is 0 Å². The van der Waals surface area contributed by atoms with E-state index in [0.29, 0.717) is 15.6 Å². The molecule has 1 rings (SSSR count). The van der Waals surface area contributed by atoms with E-state index in [2.05, 4.69) is 0 Å². The van der Waals surface area contributed by atoms with E-state index in [1.54, 1.807) is 6.07 Å². The second kappa shape index (κ2) is 3.47. The van der Waals surface area contributed by atoms with Crippen molar-refractivity contribution in [2.45, 2.75) is 26.2 Å². The molecule has 0 saturated heterocycles. The van der Waals surface area contributed by atoms with E-state index in [4.69, 9.17) is 23.2 Å². The van der Waals surface area contributed by atoms with Gasteiger partial charge in [0.05, 0.1) is 0 Å². The van der Waals surface area contributed by atoms with Crippen LogP contribution < -0.4 is 0 Å². The molecule has 0 radical (unpaired) electrons. The zero-order valence-electron chi connectivity index (χ0n) is 7.79. The third kappa shape index (κ3) is 2.35. The first-order chi connectivity index (χ1) is 5.82. The lowest BCUT2D eigenvalue weighted by atomic mass is 9.86. The summed E-state index contributed by atoms with van der Waals surface area (Å²) in [7, 11) is 0. The van der Waals surface area contributed by atoms with Gasteiger partial charge in [0.2, 0.25) is 0 Å². The van der Waals surface area contributed by atoms with Crippen LogP contribution in [-0.2, 0) is 5.41 Å². The molecule has 13 heavy (non-hydrogen) atoms. The number of hydrogen-bond donors (Lipinski definition) is 0. The molecule has 72 valence electrons. The van der Waals surface area contributed by atoms with Crippen molar-refractivity contribution in [3.05, 3.63) is 33.6 Å². The van der Waals surface area contributed by atoms with Crippen molar-refractivity contribution in [1.82, 2.24) is 0 Å². The molecular formula is C10H11Cl2F. The van der Waals surface area contributed by atoms with Crippen molar-refractivity contribution in [1.29, 1.82) is 0 Å². The Morgan fingerprint density at radius 3 is 2.08 bits per heavy atom. The summed E-state index contributed by atoms with van der Waals surface area (Å²) in [5.41, 5.74) is 0.213. The van der Waals surface area contributed by atoms with Gasteiger partial charge < -0.3 is 0 Å². The van der Waals surface area contributed by atoms with Gasteiger partial charge in [-0.1, -0.05) is 44.0 Å². The molecule has 0 aliphatic heterocycles. The number of benzene rings is 1. The van der Waals surface area contributed by atoms with Crippen LogP contribution in [-0.4, -0.2) is 0 Å².